The number of rotatable bonds is 2. The van der Waals surface area contributed by atoms with Gasteiger partial charge >= 0.3 is 0 Å². The normalized spacial score (nSPS) is 11.5. The molecule has 6 aromatic rings. The van der Waals surface area contributed by atoms with E-state index in [0.717, 1.165) is 37.7 Å². The zero-order valence-electron chi connectivity index (χ0n) is 16.7. The zero-order valence-corrected chi connectivity index (χ0v) is 16.7. The third kappa shape index (κ3) is 2.55. The van der Waals surface area contributed by atoms with Gasteiger partial charge in [0.15, 0.2) is 5.78 Å². The zero-order chi connectivity index (χ0) is 20.9. The number of phenolic OH excluding ortho intramolecular Hbond substituents is 1. The number of hydrogen-bond acceptors (Lipinski definition) is 2. The molecule has 0 atom stereocenters. The van der Waals surface area contributed by atoms with Crippen LogP contribution in [0.3, 0.4) is 0 Å². The Labute approximate surface area is 179 Å². The molecule has 0 spiro atoms. The number of hydrogen-bond donors (Lipinski definition) is 1. The number of phenols is 1. The van der Waals surface area contributed by atoms with E-state index in [2.05, 4.69) is 6.07 Å². The summed E-state index contributed by atoms with van der Waals surface area (Å²) in [5.74, 6) is -0.127. The van der Waals surface area contributed by atoms with Crippen LogP contribution in [0.2, 0.25) is 0 Å². The molecule has 1 N–H and O–H groups in total. The van der Waals surface area contributed by atoms with Gasteiger partial charge in [0.25, 0.3) is 0 Å². The third-order valence-electron chi connectivity index (χ3n) is 6.15. The lowest BCUT2D eigenvalue weighted by molar-refractivity contribution is 0.103. The Morgan fingerprint density at radius 1 is 0.516 bits per heavy atom. The lowest BCUT2D eigenvalue weighted by Gasteiger charge is -2.15. The molecule has 0 radical (unpaired) electrons. The summed E-state index contributed by atoms with van der Waals surface area (Å²) in [5, 5.41) is 18.6. The van der Waals surface area contributed by atoms with Crippen LogP contribution in [0.25, 0.3) is 43.1 Å². The van der Waals surface area contributed by atoms with Crippen LogP contribution in [-0.4, -0.2) is 10.9 Å². The van der Waals surface area contributed by atoms with Gasteiger partial charge in [-0.25, -0.2) is 0 Å². The maximum atomic E-state index is 14.0. The van der Waals surface area contributed by atoms with Gasteiger partial charge in [0.1, 0.15) is 5.75 Å². The number of fused-ring (bicyclic) bond motifs is 6. The van der Waals surface area contributed by atoms with Crippen molar-refractivity contribution < 1.29 is 9.90 Å². The Balaban J connectivity index is 1.74. The monoisotopic (exact) mass is 398 g/mol. The van der Waals surface area contributed by atoms with Crippen LogP contribution in [0.15, 0.2) is 103 Å². The van der Waals surface area contributed by atoms with Gasteiger partial charge in [-0.15, -0.1) is 0 Å². The molecule has 0 saturated heterocycles. The highest BCUT2D eigenvalue weighted by Crippen LogP contribution is 2.40. The Hall–Kier alpha value is -4.17. The van der Waals surface area contributed by atoms with Crippen LogP contribution in [0, 0.1) is 0 Å². The van der Waals surface area contributed by atoms with Crippen molar-refractivity contribution in [3.05, 3.63) is 114 Å². The van der Waals surface area contributed by atoms with Gasteiger partial charge in [-0.1, -0.05) is 97.1 Å². The van der Waals surface area contributed by atoms with Gasteiger partial charge < -0.3 is 5.11 Å². The lowest BCUT2D eigenvalue weighted by atomic mass is 9.88. The van der Waals surface area contributed by atoms with E-state index >= 15 is 0 Å². The van der Waals surface area contributed by atoms with Crippen molar-refractivity contribution in [3.8, 4) is 5.75 Å². The third-order valence-corrected chi connectivity index (χ3v) is 6.15. The molecule has 31 heavy (non-hydrogen) atoms. The molecule has 0 aliphatic heterocycles. The van der Waals surface area contributed by atoms with E-state index in [9.17, 15) is 9.90 Å². The van der Waals surface area contributed by atoms with Crippen LogP contribution in [0.4, 0.5) is 0 Å². The van der Waals surface area contributed by atoms with E-state index < -0.39 is 0 Å². The molecule has 0 unspecified atom stereocenters. The molecular weight excluding hydrogens is 380 g/mol. The molecule has 0 aliphatic carbocycles. The highest BCUT2D eigenvalue weighted by atomic mass is 16.3. The number of aromatic hydroxyl groups is 1. The van der Waals surface area contributed by atoms with Crippen molar-refractivity contribution >= 4 is 48.9 Å². The first kappa shape index (κ1) is 17.7. The van der Waals surface area contributed by atoms with Crippen LogP contribution in [0.5, 0.6) is 5.75 Å². The fourth-order valence-electron chi connectivity index (χ4n) is 4.73. The fraction of sp³-hybridized carbons (Fsp3) is 0. The molecule has 2 nitrogen and oxygen atoms in total. The van der Waals surface area contributed by atoms with Gasteiger partial charge in [0, 0.05) is 10.9 Å². The van der Waals surface area contributed by atoms with Crippen LogP contribution in [0.1, 0.15) is 15.9 Å². The van der Waals surface area contributed by atoms with E-state index in [0.29, 0.717) is 16.5 Å². The molecule has 6 aromatic carbocycles. The van der Waals surface area contributed by atoms with E-state index in [1.165, 1.54) is 0 Å². The van der Waals surface area contributed by atoms with E-state index in [1.54, 1.807) is 0 Å². The van der Waals surface area contributed by atoms with Crippen LogP contribution < -0.4 is 0 Å². The first-order chi connectivity index (χ1) is 15.2. The molecule has 2 heteroatoms. The minimum Gasteiger partial charge on any atom is -0.507 e. The summed E-state index contributed by atoms with van der Waals surface area (Å²) in [6.07, 6.45) is 0. The number of carbonyl (C=O) groups is 1. The molecule has 0 saturated carbocycles. The SMILES string of the molecule is O=C(c1cc2ccccc2c2ccccc12)c1c(O)c2ccccc2c2ccccc12. The summed E-state index contributed by atoms with van der Waals surface area (Å²) in [4.78, 5) is 14.0. The molecule has 0 bridgehead atoms. The second kappa shape index (κ2) is 6.68. The molecule has 0 heterocycles. The molecule has 0 aromatic heterocycles. The average Bonchev–Trinajstić information content (AvgIpc) is 2.83. The van der Waals surface area contributed by atoms with Crippen LogP contribution in [-0.2, 0) is 0 Å². The highest BCUT2D eigenvalue weighted by Gasteiger charge is 2.22. The Morgan fingerprint density at radius 3 is 1.65 bits per heavy atom. The summed E-state index contributed by atoms with van der Waals surface area (Å²) in [7, 11) is 0. The summed E-state index contributed by atoms with van der Waals surface area (Å²) < 4.78 is 0. The Morgan fingerprint density at radius 2 is 0.968 bits per heavy atom. The van der Waals surface area contributed by atoms with Gasteiger partial charge in [0.05, 0.1) is 5.56 Å². The predicted octanol–water partition coefficient (Wildman–Crippen LogP) is 7.24. The summed E-state index contributed by atoms with van der Waals surface area (Å²) in [5.41, 5.74) is 0.958. The topological polar surface area (TPSA) is 37.3 Å². The summed E-state index contributed by atoms with van der Waals surface area (Å²) in [6, 6.07) is 33.5. The Kier molecular flexibility index (Phi) is 3.81. The van der Waals surface area contributed by atoms with Crippen molar-refractivity contribution in [2.45, 2.75) is 0 Å². The molecular formula is C29H18O2. The average molecular weight is 398 g/mol. The predicted molar refractivity (Wildman–Crippen MR) is 128 cm³/mol. The number of carbonyl (C=O) groups excluding carboxylic acids is 1. The first-order valence-electron chi connectivity index (χ1n) is 10.3. The first-order valence-corrected chi connectivity index (χ1v) is 10.3. The van der Waals surface area contributed by atoms with Gasteiger partial charge in [-0.3, -0.25) is 4.79 Å². The molecule has 6 rings (SSSR count). The van der Waals surface area contributed by atoms with Crippen molar-refractivity contribution in [3.63, 3.8) is 0 Å². The van der Waals surface area contributed by atoms with Crippen molar-refractivity contribution in [1.29, 1.82) is 0 Å². The van der Waals surface area contributed by atoms with Gasteiger partial charge in [-0.05, 0) is 43.8 Å². The second-order valence-electron chi connectivity index (χ2n) is 7.83. The van der Waals surface area contributed by atoms with Crippen molar-refractivity contribution in [2.24, 2.45) is 0 Å². The molecule has 0 fully saturated rings. The maximum Gasteiger partial charge on any atom is 0.198 e. The van der Waals surface area contributed by atoms with E-state index in [1.807, 2.05) is 97.1 Å². The second-order valence-corrected chi connectivity index (χ2v) is 7.83. The minimum atomic E-state index is -0.165. The highest BCUT2D eigenvalue weighted by molar-refractivity contribution is 6.29. The minimum absolute atomic E-state index is 0.0385. The molecule has 146 valence electrons. The van der Waals surface area contributed by atoms with Crippen LogP contribution >= 0.6 is 0 Å². The van der Waals surface area contributed by atoms with Crippen molar-refractivity contribution in [2.75, 3.05) is 0 Å². The standard InChI is InChI=1S/C29H18O2/c30-28-25-16-8-6-13-22(25)21-12-5-7-15-24(21)27(28)29(31)26-17-18-9-1-2-10-19(18)20-11-3-4-14-23(20)26/h1-17,30H. The fourth-order valence-corrected chi connectivity index (χ4v) is 4.73. The smallest absolute Gasteiger partial charge is 0.198 e. The maximum absolute atomic E-state index is 14.0. The largest absolute Gasteiger partial charge is 0.507 e. The summed E-state index contributed by atoms with van der Waals surface area (Å²) in [6.45, 7) is 0. The summed E-state index contributed by atoms with van der Waals surface area (Å²) >= 11 is 0. The van der Waals surface area contributed by atoms with Crippen molar-refractivity contribution in [1.82, 2.24) is 0 Å². The number of benzene rings is 6. The molecule has 0 aliphatic rings. The lowest BCUT2D eigenvalue weighted by Crippen LogP contribution is -2.05. The van der Waals surface area contributed by atoms with Gasteiger partial charge in [-0.2, -0.15) is 0 Å². The number of ketones is 1. The van der Waals surface area contributed by atoms with Gasteiger partial charge in [0.2, 0.25) is 0 Å². The Bertz CT molecular complexity index is 1660. The quantitative estimate of drug-likeness (QED) is 0.247. The molecule has 0 amide bonds. The van der Waals surface area contributed by atoms with E-state index in [-0.39, 0.29) is 11.5 Å². The van der Waals surface area contributed by atoms with E-state index in [4.69, 9.17) is 0 Å².